The zero-order valence-corrected chi connectivity index (χ0v) is 8.44. The monoisotopic (exact) mass is 274 g/mol. The van der Waals surface area contributed by atoms with Crippen LogP contribution in [-0.2, 0) is 5.92 Å². The highest BCUT2D eigenvalue weighted by Crippen LogP contribution is 2.52. The van der Waals surface area contributed by atoms with Gasteiger partial charge < -0.3 is 0 Å². The molecular weight excluding hydrogens is 269 g/mol. The lowest BCUT2D eigenvalue weighted by atomic mass is 9.97. The summed E-state index contributed by atoms with van der Waals surface area (Å²) in [5.74, 6) is -11.8. The van der Waals surface area contributed by atoms with Gasteiger partial charge in [0.2, 0.25) is 0 Å². The third-order valence-corrected chi connectivity index (χ3v) is 2.18. The van der Waals surface area contributed by atoms with E-state index in [2.05, 4.69) is 0 Å². The molecule has 0 unspecified atom stereocenters. The van der Waals surface area contributed by atoms with Crippen LogP contribution in [0.1, 0.15) is 15.9 Å². The Kier molecular flexibility index (Phi) is 3.42. The minimum absolute atomic E-state index is 0.213. The summed E-state index contributed by atoms with van der Waals surface area (Å²) in [5.41, 5.74) is -2.59. The van der Waals surface area contributed by atoms with Crippen molar-refractivity contribution >= 4 is 6.29 Å². The molecule has 0 bridgehead atoms. The molecule has 0 N–H and O–H groups in total. The standard InChI is InChI=1S/C10H5F7O/c11-8(12,9(13,14)10(15,16)17)7-4-2-1-3-6(7)5-18/h1-5H. The molecule has 18 heavy (non-hydrogen) atoms. The fraction of sp³-hybridized carbons (Fsp3) is 0.300. The first-order valence-corrected chi connectivity index (χ1v) is 4.42. The van der Waals surface area contributed by atoms with Crippen molar-refractivity contribution in [1.29, 1.82) is 0 Å². The average Bonchev–Trinajstić information content (AvgIpc) is 2.27. The van der Waals surface area contributed by atoms with E-state index >= 15 is 0 Å². The van der Waals surface area contributed by atoms with Crippen LogP contribution >= 0.6 is 0 Å². The quantitative estimate of drug-likeness (QED) is 0.605. The molecule has 0 aliphatic heterocycles. The smallest absolute Gasteiger partial charge is 0.298 e. The predicted octanol–water partition coefficient (Wildman–Crippen LogP) is 3.79. The largest absolute Gasteiger partial charge is 0.460 e. The lowest BCUT2D eigenvalue weighted by Gasteiger charge is -2.29. The summed E-state index contributed by atoms with van der Waals surface area (Å²) in [4.78, 5) is 10.4. The molecule has 1 nitrogen and oxygen atoms in total. The fourth-order valence-electron chi connectivity index (χ4n) is 1.23. The van der Waals surface area contributed by atoms with Crippen molar-refractivity contribution in [2.45, 2.75) is 18.0 Å². The molecule has 0 aromatic heterocycles. The molecule has 0 heterocycles. The number of halogens is 7. The summed E-state index contributed by atoms with van der Waals surface area (Å²) in [6.07, 6.45) is -6.64. The van der Waals surface area contributed by atoms with Crippen molar-refractivity contribution < 1.29 is 35.5 Å². The average molecular weight is 274 g/mol. The van der Waals surface area contributed by atoms with Gasteiger partial charge in [-0.15, -0.1) is 0 Å². The van der Waals surface area contributed by atoms with E-state index in [1.807, 2.05) is 0 Å². The highest BCUT2D eigenvalue weighted by atomic mass is 19.4. The number of benzene rings is 1. The van der Waals surface area contributed by atoms with E-state index in [0.29, 0.717) is 6.07 Å². The fourth-order valence-corrected chi connectivity index (χ4v) is 1.23. The van der Waals surface area contributed by atoms with E-state index in [0.717, 1.165) is 18.2 Å². The lowest BCUT2D eigenvalue weighted by Crippen LogP contribution is -2.50. The van der Waals surface area contributed by atoms with Crippen molar-refractivity contribution in [3.05, 3.63) is 35.4 Å². The van der Waals surface area contributed by atoms with Gasteiger partial charge in [0.05, 0.1) is 0 Å². The number of aldehydes is 1. The maximum absolute atomic E-state index is 13.2. The van der Waals surface area contributed by atoms with Gasteiger partial charge in [-0.1, -0.05) is 24.3 Å². The van der Waals surface area contributed by atoms with Gasteiger partial charge in [0.25, 0.3) is 0 Å². The Morgan fingerprint density at radius 1 is 0.889 bits per heavy atom. The van der Waals surface area contributed by atoms with Crippen LogP contribution in [-0.4, -0.2) is 18.4 Å². The van der Waals surface area contributed by atoms with E-state index in [1.165, 1.54) is 0 Å². The molecule has 0 aliphatic rings. The van der Waals surface area contributed by atoms with Crippen LogP contribution in [0.4, 0.5) is 30.7 Å². The van der Waals surface area contributed by atoms with Crippen molar-refractivity contribution in [1.82, 2.24) is 0 Å². The number of hydrogen-bond donors (Lipinski definition) is 0. The lowest BCUT2D eigenvalue weighted by molar-refractivity contribution is -0.359. The highest BCUT2D eigenvalue weighted by Gasteiger charge is 2.73. The third-order valence-electron chi connectivity index (χ3n) is 2.18. The number of carbonyl (C=O) groups is 1. The molecule has 0 radical (unpaired) electrons. The maximum atomic E-state index is 13.2. The van der Waals surface area contributed by atoms with E-state index in [4.69, 9.17) is 0 Å². The van der Waals surface area contributed by atoms with E-state index in [9.17, 15) is 35.5 Å². The number of alkyl halides is 7. The molecule has 0 aliphatic carbocycles. The Hall–Kier alpha value is -1.60. The first-order chi connectivity index (χ1) is 8.05. The summed E-state index contributed by atoms with van der Waals surface area (Å²) in [6, 6.07) is 2.98. The minimum Gasteiger partial charge on any atom is -0.298 e. The van der Waals surface area contributed by atoms with Crippen LogP contribution in [0.2, 0.25) is 0 Å². The molecule has 100 valence electrons. The van der Waals surface area contributed by atoms with Crippen LogP contribution in [0.5, 0.6) is 0 Å². The van der Waals surface area contributed by atoms with Crippen molar-refractivity contribution in [3.63, 3.8) is 0 Å². The van der Waals surface area contributed by atoms with Gasteiger partial charge in [-0.25, -0.2) is 0 Å². The van der Waals surface area contributed by atoms with Crippen LogP contribution in [0.15, 0.2) is 24.3 Å². The second-order valence-corrected chi connectivity index (χ2v) is 3.35. The third kappa shape index (κ3) is 2.06. The van der Waals surface area contributed by atoms with Gasteiger partial charge in [0.1, 0.15) is 0 Å². The highest BCUT2D eigenvalue weighted by molar-refractivity contribution is 5.77. The zero-order chi connectivity index (χ0) is 14.2. The number of rotatable bonds is 3. The second kappa shape index (κ2) is 4.25. The Balaban J connectivity index is 3.42. The van der Waals surface area contributed by atoms with Crippen LogP contribution in [0.25, 0.3) is 0 Å². The van der Waals surface area contributed by atoms with Crippen LogP contribution < -0.4 is 0 Å². The number of carbonyl (C=O) groups excluding carboxylic acids is 1. The predicted molar refractivity (Wildman–Crippen MR) is 46.7 cm³/mol. The van der Waals surface area contributed by atoms with Crippen LogP contribution in [0.3, 0.4) is 0 Å². The molecule has 0 saturated heterocycles. The molecular formula is C10H5F7O. The van der Waals surface area contributed by atoms with Gasteiger partial charge in [-0.2, -0.15) is 30.7 Å². The van der Waals surface area contributed by atoms with E-state index < -0.39 is 29.1 Å². The van der Waals surface area contributed by atoms with E-state index in [1.54, 1.807) is 0 Å². The van der Waals surface area contributed by atoms with Gasteiger partial charge >= 0.3 is 18.0 Å². The summed E-state index contributed by atoms with van der Waals surface area (Å²) in [6.45, 7) is 0. The molecule has 1 aromatic carbocycles. The minimum atomic E-state index is -6.42. The normalized spacial score (nSPS) is 13.5. The SMILES string of the molecule is O=Cc1ccccc1C(F)(F)C(F)(F)C(F)(F)F. The topological polar surface area (TPSA) is 17.1 Å². The summed E-state index contributed by atoms with van der Waals surface area (Å²) < 4.78 is 87.7. The molecule has 1 rings (SSSR count). The summed E-state index contributed by atoms with van der Waals surface area (Å²) in [7, 11) is 0. The first-order valence-electron chi connectivity index (χ1n) is 4.42. The first kappa shape index (κ1) is 14.5. The molecule has 0 fully saturated rings. The second-order valence-electron chi connectivity index (χ2n) is 3.35. The molecule has 1 aromatic rings. The van der Waals surface area contributed by atoms with Crippen molar-refractivity contribution in [2.24, 2.45) is 0 Å². The zero-order valence-electron chi connectivity index (χ0n) is 8.44. The van der Waals surface area contributed by atoms with E-state index in [-0.39, 0.29) is 6.29 Å². The molecule has 0 saturated carbocycles. The molecule has 0 spiro atoms. The Labute approximate surface area is 96.2 Å². The molecule has 0 atom stereocenters. The van der Waals surface area contributed by atoms with Crippen LogP contribution in [0, 0.1) is 0 Å². The van der Waals surface area contributed by atoms with Gasteiger partial charge in [0, 0.05) is 11.1 Å². The molecule has 8 heteroatoms. The van der Waals surface area contributed by atoms with Gasteiger partial charge in [-0.05, 0) is 0 Å². The van der Waals surface area contributed by atoms with Gasteiger partial charge in [-0.3, -0.25) is 4.79 Å². The van der Waals surface area contributed by atoms with Crippen molar-refractivity contribution in [2.75, 3.05) is 0 Å². The molecule has 0 amide bonds. The Morgan fingerprint density at radius 3 is 1.83 bits per heavy atom. The number of hydrogen-bond acceptors (Lipinski definition) is 1. The maximum Gasteiger partial charge on any atom is 0.460 e. The Morgan fingerprint density at radius 2 is 1.39 bits per heavy atom. The summed E-state index contributed by atoms with van der Waals surface area (Å²) >= 11 is 0. The summed E-state index contributed by atoms with van der Waals surface area (Å²) in [5, 5.41) is 0. The Bertz CT molecular complexity index is 450. The van der Waals surface area contributed by atoms with Crippen molar-refractivity contribution in [3.8, 4) is 0 Å². The van der Waals surface area contributed by atoms with Gasteiger partial charge in [0.15, 0.2) is 6.29 Å².